The predicted molar refractivity (Wildman–Crippen MR) is 78.6 cm³/mol. The fourth-order valence-electron chi connectivity index (χ4n) is 3.44. The van der Waals surface area contributed by atoms with Gasteiger partial charge in [0.05, 0.1) is 22.9 Å². The van der Waals surface area contributed by atoms with Crippen molar-refractivity contribution in [3.8, 4) is 0 Å². The van der Waals surface area contributed by atoms with Gasteiger partial charge in [0, 0.05) is 26.0 Å². The Morgan fingerprint density at radius 2 is 2.20 bits per heavy atom. The van der Waals surface area contributed by atoms with Crippen molar-refractivity contribution >= 4 is 10.9 Å². The van der Waals surface area contributed by atoms with E-state index in [-0.39, 0.29) is 6.10 Å². The highest BCUT2D eigenvalue weighted by Crippen LogP contribution is 2.34. The molecule has 1 aromatic carbocycles. The molecule has 2 unspecified atom stereocenters. The van der Waals surface area contributed by atoms with E-state index < -0.39 is 5.60 Å². The van der Waals surface area contributed by atoms with Crippen LogP contribution in [0.15, 0.2) is 24.3 Å². The number of hydrogen-bond donors (Lipinski definition) is 1. The van der Waals surface area contributed by atoms with Crippen LogP contribution in [0.5, 0.6) is 0 Å². The second kappa shape index (κ2) is 5.19. The summed E-state index contributed by atoms with van der Waals surface area (Å²) in [6.07, 6.45) is 4.38. The summed E-state index contributed by atoms with van der Waals surface area (Å²) in [5.74, 6) is 0. The van der Waals surface area contributed by atoms with E-state index in [0.29, 0.717) is 6.42 Å². The zero-order valence-electron chi connectivity index (χ0n) is 12.2. The van der Waals surface area contributed by atoms with Gasteiger partial charge >= 0.3 is 0 Å². The van der Waals surface area contributed by atoms with Gasteiger partial charge < -0.3 is 9.84 Å². The first-order chi connectivity index (χ1) is 9.64. The van der Waals surface area contributed by atoms with Gasteiger partial charge in [0.15, 0.2) is 0 Å². The average Bonchev–Trinajstić information content (AvgIpc) is 2.76. The number of aliphatic hydroxyl groups is 1. The summed E-state index contributed by atoms with van der Waals surface area (Å²) in [5.41, 5.74) is 1.29. The largest absolute Gasteiger partial charge is 0.387 e. The number of fused-ring (bicyclic) bond motifs is 1. The van der Waals surface area contributed by atoms with E-state index in [9.17, 15) is 5.11 Å². The minimum Gasteiger partial charge on any atom is -0.387 e. The Labute approximate surface area is 119 Å². The Hall–Kier alpha value is -1.39. The van der Waals surface area contributed by atoms with Gasteiger partial charge in [-0.05, 0) is 18.9 Å². The van der Waals surface area contributed by atoms with Gasteiger partial charge in [0.2, 0.25) is 0 Å². The van der Waals surface area contributed by atoms with Crippen LogP contribution in [0.25, 0.3) is 10.9 Å². The molecule has 2 atom stereocenters. The quantitative estimate of drug-likeness (QED) is 0.935. The molecule has 0 saturated heterocycles. The lowest BCUT2D eigenvalue weighted by Crippen LogP contribution is -2.47. The van der Waals surface area contributed by atoms with Gasteiger partial charge in [-0.25, -0.2) is 0 Å². The Morgan fingerprint density at radius 1 is 1.40 bits per heavy atom. The Kier molecular flexibility index (Phi) is 3.52. The Bertz CT molecular complexity index is 608. The average molecular weight is 274 g/mol. The first kappa shape index (κ1) is 13.6. The van der Waals surface area contributed by atoms with Crippen molar-refractivity contribution in [2.45, 2.75) is 43.8 Å². The number of aryl methyl sites for hydroxylation is 1. The molecule has 1 N–H and O–H groups in total. The van der Waals surface area contributed by atoms with Crippen LogP contribution in [0, 0.1) is 0 Å². The number of para-hydroxylation sites is 1. The van der Waals surface area contributed by atoms with Gasteiger partial charge in [0.25, 0.3) is 0 Å². The van der Waals surface area contributed by atoms with E-state index in [1.165, 1.54) is 0 Å². The van der Waals surface area contributed by atoms with Crippen molar-refractivity contribution < 1.29 is 9.84 Å². The molecule has 4 nitrogen and oxygen atoms in total. The molecule has 2 aromatic rings. The van der Waals surface area contributed by atoms with Gasteiger partial charge in [0.1, 0.15) is 0 Å². The van der Waals surface area contributed by atoms with Crippen molar-refractivity contribution in [1.82, 2.24) is 9.78 Å². The van der Waals surface area contributed by atoms with E-state index in [1.54, 1.807) is 7.11 Å². The normalized spacial score (nSPS) is 27.1. The fourth-order valence-corrected chi connectivity index (χ4v) is 3.44. The van der Waals surface area contributed by atoms with E-state index in [0.717, 1.165) is 42.3 Å². The smallest absolute Gasteiger partial charge is 0.0964 e. The zero-order valence-corrected chi connectivity index (χ0v) is 12.2. The molecule has 1 saturated carbocycles. The first-order valence-electron chi connectivity index (χ1n) is 7.30. The third-order valence-electron chi connectivity index (χ3n) is 4.52. The van der Waals surface area contributed by atoms with Crippen molar-refractivity contribution in [3.05, 3.63) is 30.0 Å². The minimum absolute atomic E-state index is 0.0861. The van der Waals surface area contributed by atoms with Crippen LogP contribution in [0.4, 0.5) is 0 Å². The summed E-state index contributed by atoms with van der Waals surface area (Å²) >= 11 is 0. The van der Waals surface area contributed by atoms with Crippen LogP contribution in [-0.2, 0) is 18.2 Å². The molecule has 4 heteroatoms. The third-order valence-corrected chi connectivity index (χ3v) is 4.52. The highest BCUT2D eigenvalue weighted by molar-refractivity contribution is 5.81. The molecule has 20 heavy (non-hydrogen) atoms. The van der Waals surface area contributed by atoms with Crippen LogP contribution in [0.2, 0.25) is 0 Å². The summed E-state index contributed by atoms with van der Waals surface area (Å²) in [5, 5.41) is 16.7. The van der Waals surface area contributed by atoms with Crippen LogP contribution >= 0.6 is 0 Å². The monoisotopic (exact) mass is 274 g/mol. The van der Waals surface area contributed by atoms with Gasteiger partial charge in [-0.1, -0.05) is 31.0 Å². The maximum atomic E-state index is 11.0. The number of aromatic nitrogens is 2. The lowest BCUT2D eigenvalue weighted by molar-refractivity contribution is -0.116. The molecular formula is C16H22N2O2. The van der Waals surface area contributed by atoms with E-state index in [2.05, 4.69) is 17.2 Å². The van der Waals surface area contributed by atoms with Gasteiger partial charge in [-0.15, -0.1) is 0 Å². The number of methoxy groups -OCH3 is 1. The number of benzene rings is 1. The highest BCUT2D eigenvalue weighted by Gasteiger charge is 2.40. The predicted octanol–water partition coefficient (Wildman–Crippen LogP) is 2.44. The lowest BCUT2D eigenvalue weighted by Gasteiger charge is -2.38. The number of hydrogen-bond acceptors (Lipinski definition) is 3. The maximum Gasteiger partial charge on any atom is 0.0964 e. The SMILES string of the molecule is COC1CCCCC1(O)Cc1nn(C)c2ccccc12. The summed E-state index contributed by atoms with van der Waals surface area (Å²) in [6, 6.07) is 8.17. The van der Waals surface area contributed by atoms with E-state index in [1.807, 2.05) is 23.9 Å². The number of ether oxygens (including phenoxy) is 1. The molecule has 0 radical (unpaired) electrons. The molecule has 0 aliphatic heterocycles. The second-order valence-electron chi connectivity index (χ2n) is 5.84. The number of rotatable bonds is 3. The molecule has 3 rings (SSSR count). The van der Waals surface area contributed by atoms with Crippen LogP contribution in [0.3, 0.4) is 0 Å². The van der Waals surface area contributed by atoms with Crippen LogP contribution in [-0.4, -0.2) is 33.7 Å². The summed E-state index contributed by atoms with van der Waals surface area (Å²) in [4.78, 5) is 0. The van der Waals surface area contributed by atoms with Gasteiger partial charge in [-0.2, -0.15) is 5.10 Å². The molecule has 1 fully saturated rings. The van der Waals surface area contributed by atoms with Crippen molar-refractivity contribution in [1.29, 1.82) is 0 Å². The summed E-state index contributed by atoms with van der Waals surface area (Å²) in [7, 11) is 3.64. The number of nitrogens with zero attached hydrogens (tertiary/aromatic N) is 2. The highest BCUT2D eigenvalue weighted by atomic mass is 16.5. The molecule has 0 bridgehead atoms. The first-order valence-corrected chi connectivity index (χ1v) is 7.30. The van der Waals surface area contributed by atoms with Crippen molar-refractivity contribution in [3.63, 3.8) is 0 Å². The molecule has 1 aliphatic rings. The van der Waals surface area contributed by atoms with Crippen molar-refractivity contribution in [2.24, 2.45) is 7.05 Å². The maximum absolute atomic E-state index is 11.0. The van der Waals surface area contributed by atoms with E-state index in [4.69, 9.17) is 4.74 Å². The minimum atomic E-state index is -0.788. The molecule has 108 valence electrons. The molecule has 0 amide bonds. The molecule has 1 heterocycles. The lowest BCUT2D eigenvalue weighted by atomic mass is 9.79. The topological polar surface area (TPSA) is 47.3 Å². The molecular weight excluding hydrogens is 252 g/mol. The summed E-state index contributed by atoms with van der Waals surface area (Å²) in [6.45, 7) is 0. The standard InChI is InChI=1S/C16H22N2O2/c1-18-14-8-4-3-7-12(14)13(17-18)11-16(19)10-6-5-9-15(16)20-2/h3-4,7-8,15,19H,5-6,9-11H2,1-2H3. The molecule has 1 aromatic heterocycles. The van der Waals surface area contributed by atoms with Crippen molar-refractivity contribution in [2.75, 3.05) is 7.11 Å². The van der Waals surface area contributed by atoms with Crippen LogP contribution in [0.1, 0.15) is 31.4 Å². The summed E-state index contributed by atoms with van der Waals surface area (Å²) < 4.78 is 7.40. The molecule has 1 aliphatic carbocycles. The molecule has 0 spiro atoms. The van der Waals surface area contributed by atoms with E-state index >= 15 is 0 Å². The Morgan fingerprint density at radius 3 is 3.00 bits per heavy atom. The zero-order chi connectivity index (χ0) is 14.2. The Balaban J connectivity index is 1.96. The van der Waals surface area contributed by atoms with Gasteiger partial charge in [-0.3, -0.25) is 4.68 Å². The van der Waals surface area contributed by atoms with Crippen LogP contribution < -0.4 is 0 Å². The third kappa shape index (κ3) is 2.23. The second-order valence-corrected chi connectivity index (χ2v) is 5.84. The fraction of sp³-hybridized carbons (Fsp3) is 0.562.